The summed E-state index contributed by atoms with van der Waals surface area (Å²) in [4.78, 5) is 13.1. The van der Waals surface area contributed by atoms with Gasteiger partial charge in [0.05, 0.1) is 6.04 Å². The second-order valence-electron chi connectivity index (χ2n) is 5.40. The lowest BCUT2D eigenvalue weighted by molar-refractivity contribution is -0.161. The van der Waals surface area contributed by atoms with Gasteiger partial charge < -0.3 is 4.90 Å². The zero-order chi connectivity index (χ0) is 15.6. The first-order valence-electron chi connectivity index (χ1n) is 7.01. The standard InChI is InChI=1S/C15H19F3N2O/c1-3-4-12-14(21)20(9-15(16,17)18)13(19-12)11-7-5-10(2)6-8-11/h5-8,12-13,19H,3-4,9H2,1-2H3. The average Bonchev–Trinajstić information content (AvgIpc) is 2.68. The molecule has 0 bridgehead atoms. The highest BCUT2D eigenvalue weighted by molar-refractivity contribution is 5.84. The van der Waals surface area contributed by atoms with E-state index in [0.29, 0.717) is 12.0 Å². The predicted molar refractivity (Wildman–Crippen MR) is 73.5 cm³/mol. The van der Waals surface area contributed by atoms with Crippen molar-refractivity contribution in [1.29, 1.82) is 0 Å². The van der Waals surface area contributed by atoms with Crippen LogP contribution in [0, 0.1) is 6.92 Å². The fourth-order valence-electron chi connectivity index (χ4n) is 2.56. The van der Waals surface area contributed by atoms with Crippen LogP contribution in [0.1, 0.15) is 37.1 Å². The van der Waals surface area contributed by atoms with Gasteiger partial charge in [0.1, 0.15) is 12.7 Å². The SMILES string of the molecule is CCCC1NC(c2ccc(C)cc2)N(CC(F)(F)F)C1=O. The van der Waals surface area contributed by atoms with Gasteiger partial charge in [-0.05, 0) is 18.9 Å². The van der Waals surface area contributed by atoms with Crippen LogP contribution in [0.5, 0.6) is 0 Å². The molecule has 0 aromatic heterocycles. The number of nitrogens with zero attached hydrogens (tertiary/aromatic N) is 1. The summed E-state index contributed by atoms with van der Waals surface area (Å²) in [6.07, 6.45) is -3.84. The van der Waals surface area contributed by atoms with Crippen LogP contribution in [-0.2, 0) is 4.79 Å². The topological polar surface area (TPSA) is 32.3 Å². The number of carbonyl (C=O) groups is 1. The molecular weight excluding hydrogens is 281 g/mol. The highest BCUT2D eigenvalue weighted by Crippen LogP contribution is 2.30. The molecule has 1 amide bonds. The summed E-state index contributed by atoms with van der Waals surface area (Å²) in [5, 5.41) is 3.03. The number of alkyl halides is 3. The van der Waals surface area contributed by atoms with E-state index in [0.717, 1.165) is 16.9 Å². The third kappa shape index (κ3) is 3.75. The van der Waals surface area contributed by atoms with Crippen molar-refractivity contribution in [3.05, 3.63) is 35.4 Å². The van der Waals surface area contributed by atoms with Crippen LogP contribution >= 0.6 is 0 Å². The maximum absolute atomic E-state index is 12.7. The molecule has 2 rings (SSSR count). The third-order valence-corrected chi connectivity index (χ3v) is 3.57. The molecule has 1 heterocycles. The molecule has 1 aliphatic rings. The first-order chi connectivity index (χ1) is 9.81. The van der Waals surface area contributed by atoms with Gasteiger partial charge in [-0.25, -0.2) is 0 Å². The van der Waals surface area contributed by atoms with Crippen LogP contribution in [0.15, 0.2) is 24.3 Å². The number of benzene rings is 1. The number of aryl methyl sites for hydroxylation is 1. The Balaban J connectivity index is 2.27. The Morgan fingerprint density at radius 2 is 1.86 bits per heavy atom. The zero-order valence-corrected chi connectivity index (χ0v) is 12.1. The normalized spacial score (nSPS) is 22.9. The van der Waals surface area contributed by atoms with Gasteiger partial charge in [-0.2, -0.15) is 13.2 Å². The van der Waals surface area contributed by atoms with E-state index in [1.807, 2.05) is 26.0 Å². The van der Waals surface area contributed by atoms with Crippen LogP contribution in [-0.4, -0.2) is 29.6 Å². The summed E-state index contributed by atoms with van der Waals surface area (Å²) < 4.78 is 38.2. The number of nitrogens with one attached hydrogen (secondary N) is 1. The van der Waals surface area contributed by atoms with Crippen molar-refractivity contribution < 1.29 is 18.0 Å². The van der Waals surface area contributed by atoms with Gasteiger partial charge in [-0.3, -0.25) is 10.1 Å². The Hall–Kier alpha value is -1.56. The number of hydrogen-bond acceptors (Lipinski definition) is 2. The summed E-state index contributed by atoms with van der Waals surface area (Å²) >= 11 is 0. The van der Waals surface area contributed by atoms with Gasteiger partial charge in [0.25, 0.3) is 0 Å². The molecule has 0 saturated carbocycles. The molecule has 0 radical (unpaired) electrons. The quantitative estimate of drug-likeness (QED) is 0.926. The minimum Gasteiger partial charge on any atom is -0.312 e. The lowest BCUT2D eigenvalue weighted by atomic mass is 10.1. The Labute approximate surface area is 122 Å². The third-order valence-electron chi connectivity index (χ3n) is 3.57. The van der Waals surface area contributed by atoms with Gasteiger partial charge in [0, 0.05) is 0 Å². The maximum Gasteiger partial charge on any atom is 0.406 e. The second-order valence-corrected chi connectivity index (χ2v) is 5.40. The molecule has 0 aliphatic carbocycles. The molecule has 2 unspecified atom stereocenters. The Morgan fingerprint density at radius 1 is 1.24 bits per heavy atom. The molecule has 1 fully saturated rings. The van der Waals surface area contributed by atoms with E-state index < -0.39 is 30.8 Å². The van der Waals surface area contributed by atoms with E-state index in [1.165, 1.54) is 0 Å². The number of hydrogen-bond donors (Lipinski definition) is 1. The molecule has 6 heteroatoms. The molecular formula is C15H19F3N2O. The highest BCUT2D eigenvalue weighted by atomic mass is 19.4. The molecule has 0 spiro atoms. The summed E-state index contributed by atoms with van der Waals surface area (Å²) in [6.45, 7) is 2.59. The summed E-state index contributed by atoms with van der Waals surface area (Å²) in [5.41, 5.74) is 1.70. The number of rotatable bonds is 4. The van der Waals surface area contributed by atoms with E-state index in [2.05, 4.69) is 5.32 Å². The second kappa shape index (κ2) is 6.05. The molecule has 2 atom stereocenters. The Bertz CT molecular complexity index is 499. The van der Waals surface area contributed by atoms with Gasteiger partial charge in [-0.15, -0.1) is 0 Å². The molecule has 1 saturated heterocycles. The lowest BCUT2D eigenvalue weighted by Crippen LogP contribution is -2.38. The van der Waals surface area contributed by atoms with Crippen LogP contribution in [0.3, 0.4) is 0 Å². The van der Waals surface area contributed by atoms with Gasteiger partial charge >= 0.3 is 6.18 Å². The van der Waals surface area contributed by atoms with Crippen molar-refractivity contribution in [2.45, 2.75) is 45.1 Å². The number of halogens is 3. The van der Waals surface area contributed by atoms with E-state index >= 15 is 0 Å². The zero-order valence-electron chi connectivity index (χ0n) is 12.1. The van der Waals surface area contributed by atoms with E-state index in [9.17, 15) is 18.0 Å². The lowest BCUT2D eigenvalue weighted by Gasteiger charge is -2.25. The van der Waals surface area contributed by atoms with Crippen molar-refractivity contribution in [2.75, 3.05) is 6.54 Å². The van der Waals surface area contributed by atoms with E-state index in [1.54, 1.807) is 12.1 Å². The number of carbonyl (C=O) groups excluding carboxylic acids is 1. The molecule has 3 nitrogen and oxygen atoms in total. The van der Waals surface area contributed by atoms with Crippen molar-refractivity contribution in [1.82, 2.24) is 10.2 Å². The summed E-state index contributed by atoms with van der Waals surface area (Å²) in [6, 6.07) is 6.65. The highest BCUT2D eigenvalue weighted by Gasteiger charge is 2.44. The van der Waals surface area contributed by atoms with E-state index in [-0.39, 0.29) is 0 Å². The van der Waals surface area contributed by atoms with Gasteiger partial charge in [0.15, 0.2) is 0 Å². The first kappa shape index (κ1) is 15.8. The van der Waals surface area contributed by atoms with Gasteiger partial charge in [-0.1, -0.05) is 43.2 Å². The van der Waals surface area contributed by atoms with Crippen molar-refractivity contribution >= 4 is 5.91 Å². The van der Waals surface area contributed by atoms with Crippen molar-refractivity contribution in [2.24, 2.45) is 0 Å². The van der Waals surface area contributed by atoms with Crippen molar-refractivity contribution in [3.63, 3.8) is 0 Å². The molecule has 1 N–H and O–H groups in total. The first-order valence-corrected chi connectivity index (χ1v) is 7.01. The Morgan fingerprint density at radius 3 is 2.38 bits per heavy atom. The minimum absolute atomic E-state index is 0.472. The van der Waals surface area contributed by atoms with Crippen LogP contribution in [0.2, 0.25) is 0 Å². The minimum atomic E-state index is -4.40. The van der Waals surface area contributed by atoms with Crippen LogP contribution in [0.25, 0.3) is 0 Å². The van der Waals surface area contributed by atoms with Crippen LogP contribution in [0.4, 0.5) is 13.2 Å². The molecule has 21 heavy (non-hydrogen) atoms. The molecule has 116 valence electrons. The van der Waals surface area contributed by atoms with Crippen molar-refractivity contribution in [3.8, 4) is 0 Å². The molecule has 1 aromatic carbocycles. The van der Waals surface area contributed by atoms with E-state index in [4.69, 9.17) is 0 Å². The summed E-state index contributed by atoms with van der Waals surface area (Å²) in [5.74, 6) is -0.472. The summed E-state index contributed by atoms with van der Waals surface area (Å²) in [7, 11) is 0. The molecule has 1 aliphatic heterocycles. The Kier molecular flexibility index (Phi) is 4.56. The fourth-order valence-corrected chi connectivity index (χ4v) is 2.56. The molecule has 1 aromatic rings. The smallest absolute Gasteiger partial charge is 0.312 e. The largest absolute Gasteiger partial charge is 0.406 e. The predicted octanol–water partition coefficient (Wildman–Crippen LogP) is 3.16. The monoisotopic (exact) mass is 300 g/mol. The van der Waals surface area contributed by atoms with Gasteiger partial charge in [0.2, 0.25) is 5.91 Å². The average molecular weight is 300 g/mol. The maximum atomic E-state index is 12.7. The fraction of sp³-hybridized carbons (Fsp3) is 0.533. The number of amides is 1. The van der Waals surface area contributed by atoms with Crippen LogP contribution < -0.4 is 5.32 Å².